The molecule has 0 bridgehead atoms. The van der Waals surface area contributed by atoms with E-state index in [9.17, 15) is 29.4 Å². The molecule has 0 saturated heterocycles. The van der Waals surface area contributed by atoms with Crippen molar-refractivity contribution in [3.8, 4) is 0 Å². The minimum Gasteiger partial charge on any atom is -0.480 e. The lowest BCUT2D eigenvalue weighted by atomic mass is 10.1. The van der Waals surface area contributed by atoms with E-state index in [0.29, 0.717) is 6.42 Å². The minimum absolute atomic E-state index is 0.0319. The molecule has 0 saturated carbocycles. The van der Waals surface area contributed by atoms with Crippen molar-refractivity contribution in [1.82, 2.24) is 16.0 Å². The van der Waals surface area contributed by atoms with Gasteiger partial charge in [-0.3, -0.25) is 19.4 Å². The van der Waals surface area contributed by atoms with E-state index in [0.717, 1.165) is 0 Å². The van der Waals surface area contributed by atoms with E-state index in [1.807, 2.05) is 0 Å². The molecule has 0 aromatic rings. The van der Waals surface area contributed by atoms with Gasteiger partial charge in [-0.05, 0) is 19.8 Å². The van der Waals surface area contributed by atoms with Crippen LogP contribution in [0.15, 0.2) is 4.99 Å². The number of carbonyl (C=O) groups is 4. The van der Waals surface area contributed by atoms with Crippen LogP contribution in [-0.2, 0) is 19.2 Å². The van der Waals surface area contributed by atoms with Crippen molar-refractivity contribution in [3.63, 3.8) is 0 Å². The van der Waals surface area contributed by atoms with Gasteiger partial charge in [0.1, 0.15) is 18.1 Å². The summed E-state index contributed by atoms with van der Waals surface area (Å²) in [5.41, 5.74) is 15.8. The molecule has 0 aromatic carbocycles. The van der Waals surface area contributed by atoms with Gasteiger partial charge in [0.05, 0.1) is 12.6 Å². The van der Waals surface area contributed by atoms with Crippen LogP contribution in [0.3, 0.4) is 0 Å². The number of thiol groups is 1. The van der Waals surface area contributed by atoms with E-state index in [-0.39, 0.29) is 24.7 Å². The highest BCUT2D eigenvalue weighted by molar-refractivity contribution is 7.80. The first kappa shape index (κ1) is 26.4. The molecule has 3 amide bonds. The normalized spacial score (nSPS) is 14.6. The summed E-state index contributed by atoms with van der Waals surface area (Å²) in [4.78, 5) is 51.1. The number of carboxylic acid groups (broad SMARTS) is 1. The van der Waals surface area contributed by atoms with Crippen LogP contribution in [-0.4, -0.2) is 82.9 Å². The molecule has 0 aliphatic rings. The zero-order chi connectivity index (χ0) is 22.6. The summed E-state index contributed by atoms with van der Waals surface area (Å²) < 4.78 is 0. The molecule has 0 fully saturated rings. The first-order valence-corrected chi connectivity index (χ1v) is 9.33. The van der Waals surface area contributed by atoms with E-state index in [2.05, 4.69) is 33.6 Å². The van der Waals surface area contributed by atoms with Crippen molar-refractivity contribution in [3.05, 3.63) is 0 Å². The maximum Gasteiger partial charge on any atom is 0.326 e. The highest BCUT2D eigenvalue weighted by Crippen LogP contribution is 2.00. The maximum atomic E-state index is 12.2. The van der Waals surface area contributed by atoms with Crippen LogP contribution in [0, 0.1) is 0 Å². The zero-order valence-electron chi connectivity index (χ0n) is 16.0. The Labute approximate surface area is 173 Å². The topological polar surface area (TPSA) is 235 Å². The fourth-order valence-corrected chi connectivity index (χ4v) is 2.16. The number of aliphatic carboxylic acids is 1. The summed E-state index contributed by atoms with van der Waals surface area (Å²) in [6.45, 7) is 0.787. The van der Waals surface area contributed by atoms with Crippen molar-refractivity contribution >= 4 is 42.3 Å². The van der Waals surface area contributed by atoms with Crippen LogP contribution in [0.25, 0.3) is 0 Å². The molecule has 166 valence electrons. The predicted octanol–water partition coefficient (Wildman–Crippen LogP) is -4.15. The lowest BCUT2D eigenvalue weighted by Gasteiger charge is -2.22. The van der Waals surface area contributed by atoms with Gasteiger partial charge in [-0.15, -0.1) is 0 Å². The summed E-state index contributed by atoms with van der Waals surface area (Å²) >= 11 is 3.86. The van der Waals surface area contributed by atoms with Crippen LogP contribution in [0.5, 0.6) is 0 Å². The number of guanidine groups is 1. The SMILES string of the molecule is CC(NC(=O)C(CO)NC(=O)C(N)CS)C(=O)NC(CCCN=C(N)N)C(=O)O. The molecule has 0 radical (unpaired) electrons. The predicted molar refractivity (Wildman–Crippen MR) is 108 cm³/mol. The molecular formula is C15H29N7O6S. The average Bonchev–Trinajstić information content (AvgIpc) is 2.66. The Bertz CT molecular complexity index is 614. The smallest absolute Gasteiger partial charge is 0.326 e. The van der Waals surface area contributed by atoms with Crippen LogP contribution in [0.2, 0.25) is 0 Å². The highest BCUT2D eigenvalue weighted by Gasteiger charge is 2.27. The molecule has 0 spiro atoms. The third-order valence-electron chi connectivity index (χ3n) is 3.66. The standard InChI is InChI=1S/C15H29N7O6S/c1-7(20-13(26)10(5-23)22-12(25)8(16)6-29)11(24)21-9(14(27)28)3-2-4-19-15(17)18/h7-10,23,29H,2-6,16H2,1H3,(H,20,26)(H,21,24)(H,22,25)(H,27,28)(H4,17,18,19). The number of nitrogens with zero attached hydrogens (tertiary/aromatic N) is 1. The van der Waals surface area contributed by atoms with Crippen molar-refractivity contribution in [2.24, 2.45) is 22.2 Å². The van der Waals surface area contributed by atoms with Gasteiger partial charge in [0.2, 0.25) is 17.7 Å². The fourth-order valence-electron chi connectivity index (χ4n) is 1.99. The Hall–Kier alpha value is -2.58. The molecule has 4 atom stereocenters. The van der Waals surface area contributed by atoms with E-state index in [1.165, 1.54) is 6.92 Å². The Morgan fingerprint density at radius 2 is 1.62 bits per heavy atom. The number of hydrogen-bond donors (Lipinski definition) is 9. The van der Waals surface area contributed by atoms with Gasteiger partial charge < -0.3 is 43.4 Å². The number of rotatable bonds is 13. The zero-order valence-corrected chi connectivity index (χ0v) is 16.9. The van der Waals surface area contributed by atoms with E-state index >= 15 is 0 Å². The van der Waals surface area contributed by atoms with Gasteiger partial charge in [-0.2, -0.15) is 12.6 Å². The van der Waals surface area contributed by atoms with Crippen LogP contribution >= 0.6 is 12.6 Å². The molecule has 13 nitrogen and oxygen atoms in total. The number of carbonyl (C=O) groups excluding carboxylic acids is 3. The largest absolute Gasteiger partial charge is 0.480 e. The molecule has 0 rings (SSSR count). The van der Waals surface area contributed by atoms with Crippen molar-refractivity contribution in [2.45, 2.75) is 43.9 Å². The highest BCUT2D eigenvalue weighted by atomic mass is 32.1. The van der Waals surface area contributed by atoms with Crippen molar-refractivity contribution < 1.29 is 29.4 Å². The molecule has 0 aromatic heterocycles. The Morgan fingerprint density at radius 3 is 2.10 bits per heavy atom. The summed E-state index contributed by atoms with van der Waals surface area (Å²) in [5, 5.41) is 25.3. The van der Waals surface area contributed by atoms with E-state index < -0.39 is 54.5 Å². The second kappa shape index (κ2) is 13.6. The first-order chi connectivity index (χ1) is 13.5. The summed E-state index contributed by atoms with van der Waals surface area (Å²) in [7, 11) is 0. The van der Waals surface area contributed by atoms with Crippen molar-refractivity contribution in [2.75, 3.05) is 18.9 Å². The van der Waals surface area contributed by atoms with Gasteiger partial charge in [-0.25, -0.2) is 4.79 Å². The Morgan fingerprint density at radius 1 is 1.03 bits per heavy atom. The Kier molecular flexibility index (Phi) is 12.4. The van der Waals surface area contributed by atoms with E-state index in [1.54, 1.807) is 0 Å². The lowest BCUT2D eigenvalue weighted by molar-refractivity contribution is -0.142. The van der Waals surface area contributed by atoms with Crippen LogP contribution in [0.1, 0.15) is 19.8 Å². The fraction of sp³-hybridized carbons (Fsp3) is 0.667. The molecule has 4 unspecified atom stereocenters. The summed E-state index contributed by atoms with van der Waals surface area (Å²) in [6, 6.07) is -4.65. The quantitative estimate of drug-likeness (QED) is 0.0590. The number of nitrogens with two attached hydrogens (primary N) is 3. The van der Waals surface area contributed by atoms with Crippen molar-refractivity contribution in [1.29, 1.82) is 0 Å². The third-order valence-corrected chi connectivity index (χ3v) is 4.05. The van der Waals surface area contributed by atoms with Crippen LogP contribution in [0.4, 0.5) is 0 Å². The number of aliphatic imine (C=N–C) groups is 1. The summed E-state index contributed by atoms with van der Waals surface area (Å²) in [6.07, 6.45) is 0.370. The molecule has 14 heteroatoms. The number of nitrogens with one attached hydrogen (secondary N) is 3. The second-order valence-electron chi connectivity index (χ2n) is 6.11. The lowest BCUT2D eigenvalue weighted by Crippen LogP contribution is -2.57. The molecule has 0 heterocycles. The average molecular weight is 436 g/mol. The molecular weight excluding hydrogens is 406 g/mol. The van der Waals surface area contributed by atoms with Gasteiger partial charge in [-0.1, -0.05) is 0 Å². The van der Waals surface area contributed by atoms with Gasteiger partial charge in [0.15, 0.2) is 5.96 Å². The molecule has 29 heavy (non-hydrogen) atoms. The third kappa shape index (κ3) is 10.5. The second-order valence-corrected chi connectivity index (χ2v) is 6.48. The minimum atomic E-state index is -1.33. The number of amides is 3. The molecule has 0 aliphatic heterocycles. The molecule has 0 aliphatic carbocycles. The molecule has 11 N–H and O–H groups in total. The number of carboxylic acids is 1. The number of aliphatic hydroxyl groups is 1. The van der Waals surface area contributed by atoms with Gasteiger partial charge >= 0.3 is 5.97 Å². The van der Waals surface area contributed by atoms with Gasteiger partial charge in [0, 0.05) is 12.3 Å². The summed E-state index contributed by atoms with van der Waals surface area (Å²) in [5.74, 6) is -3.65. The maximum absolute atomic E-state index is 12.2. The first-order valence-electron chi connectivity index (χ1n) is 8.70. The number of aliphatic hydroxyl groups excluding tert-OH is 1. The Balaban J connectivity index is 4.74. The van der Waals surface area contributed by atoms with Crippen LogP contribution < -0.4 is 33.2 Å². The van der Waals surface area contributed by atoms with Gasteiger partial charge in [0.25, 0.3) is 0 Å². The number of hydrogen-bond acceptors (Lipinski definition) is 8. The van der Waals surface area contributed by atoms with E-state index in [4.69, 9.17) is 17.2 Å². The monoisotopic (exact) mass is 435 g/mol.